The molecule has 0 radical (unpaired) electrons. The maximum absolute atomic E-state index is 12.1. The van der Waals surface area contributed by atoms with Gasteiger partial charge in [-0.1, -0.05) is 43.7 Å². The van der Waals surface area contributed by atoms with Gasteiger partial charge in [-0.25, -0.2) is 9.59 Å². The van der Waals surface area contributed by atoms with Crippen LogP contribution in [0.1, 0.15) is 42.1 Å². The topological polar surface area (TPSA) is 64.2 Å². The molecule has 0 aliphatic rings. The number of hydrogen-bond donors (Lipinski definition) is 1. The molecule has 1 N–H and O–H groups in total. The van der Waals surface area contributed by atoms with Crippen molar-refractivity contribution in [2.45, 2.75) is 40.2 Å². The van der Waals surface area contributed by atoms with E-state index in [-0.39, 0.29) is 5.92 Å². The molecule has 0 fully saturated rings. The second kappa shape index (κ2) is 5.99. The van der Waals surface area contributed by atoms with Gasteiger partial charge in [0.1, 0.15) is 0 Å². The van der Waals surface area contributed by atoms with Gasteiger partial charge in [0.15, 0.2) is 0 Å². The highest BCUT2D eigenvalue weighted by atomic mass is 16.5. The molecule has 0 aliphatic heterocycles. The molecule has 2 rings (SSSR count). The summed E-state index contributed by atoms with van der Waals surface area (Å²) >= 11 is 0. The lowest BCUT2D eigenvalue weighted by molar-refractivity contribution is 0.205. The Bertz CT molecular complexity index is 693. The molecule has 5 nitrogen and oxygen atoms in total. The molecule has 1 aromatic heterocycles. The van der Waals surface area contributed by atoms with Gasteiger partial charge in [0.2, 0.25) is 0 Å². The highest BCUT2D eigenvalue weighted by Crippen LogP contribution is 2.15. The van der Waals surface area contributed by atoms with Crippen molar-refractivity contribution in [1.82, 2.24) is 10.1 Å². The number of carbonyl (C=O) groups is 1. The first-order chi connectivity index (χ1) is 9.90. The fourth-order valence-electron chi connectivity index (χ4n) is 2.26. The number of carbonyl (C=O) groups excluding carboxylic acids is 1. The number of aryl methyl sites for hydroxylation is 1. The predicted molar refractivity (Wildman–Crippen MR) is 80.6 cm³/mol. The third-order valence-corrected chi connectivity index (χ3v) is 3.41. The molecule has 5 heteroatoms. The molecule has 0 atom stereocenters. The lowest BCUT2D eigenvalue weighted by atomic mass is 10.1. The van der Waals surface area contributed by atoms with E-state index in [0.29, 0.717) is 17.8 Å². The summed E-state index contributed by atoms with van der Waals surface area (Å²) in [6.07, 6.45) is 0. The van der Waals surface area contributed by atoms with Crippen LogP contribution in [0.25, 0.3) is 0 Å². The first kappa shape index (κ1) is 15.1. The number of benzene rings is 1. The van der Waals surface area contributed by atoms with Crippen LogP contribution in [0.5, 0.6) is 0 Å². The summed E-state index contributed by atoms with van der Waals surface area (Å²) in [5.41, 5.74) is 2.80. The number of amides is 1. The molecular weight excluding hydrogens is 268 g/mol. The van der Waals surface area contributed by atoms with Crippen molar-refractivity contribution in [3.05, 3.63) is 57.1 Å². The minimum Gasteiger partial charge on any atom is -0.331 e. The molecule has 1 heterocycles. The summed E-state index contributed by atoms with van der Waals surface area (Å²) < 4.78 is 6.06. The average molecular weight is 288 g/mol. The summed E-state index contributed by atoms with van der Waals surface area (Å²) in [4.78, 5) is 23.9. The minimum absolute atomic E-state index is 0.0207. The smallest absolute Gasteiger partial charge is 0.331 e. The minimum atomic E-state index is -0.451. The Kier molecular flexibility index (Phi) is 4.31. The zero-order valence-corrected chi connectivity index (χ0v) is 12.8. The van der Waals surface area contributed by atoms with Crippen LogP contribution in [0.15, 0.2) is 33.6 Å². The van der Waals surface area contributed by atoms with Crippen LogP contribution >= 0.6 is 0 Å². The van der Waals surface area contributed by atoms with Gasteiger partial charge in [0, 0.05) is 6.54 Å². The fraction of sp³-hybridized carbons (Fsp3) is 0.375. The Morgan fingerprint density at radius 3 is 2.38 bits per heavy atom. The van der Waals surface area contributed by atoms with Crippen LogP contribution in [0.2, 0.25) is 0 Å². The van der Waals surface area contributed by atoms with Gasteiger partial charge in [-0.05, 0) is 25.3 Å². The van der Waals surface area contributed by atoms with E-state index in [4.69, 9.17) is 4.52 Å². The second-order valence-electron chi connectivity index (χ2n) is 5.47. The first-order valence-electron chi connectivity index (χ1n) is 6.96. The first-order valence-corrected chi connectivity index (χ1v) is 6.96. The van der Waals surface area contributed by atoms with E-state index < -0.39 is 11.7 Å². The normalized spacial score (nSPS) is 10.9. The van der Waals surface area contributed by atoms with Gasteiger partial charge in [0.05, 0.1) is 11.3 Å². The molecule has 2 aromatic rings. The van der Waals surface area contributed by atoms with E-state index in [2.05, 4.69) is 5.32 Å². The van der Waals surface area contributed by atoms with Crippen LogP contribution in [0, 0.1) is 13.8 Å². The molecule has 0 saturated carbocycles. The number of nitrogens with one attached hydrogen (secondary N) is 1. The quantitative estimate of drug-likeness (QED) is 0.944. The van der Waals surface area contributed by atoms with Crippen molar-refractivity contribution >= 4 is 6.03 Å². The molecule has 21 heavy (non-hydrogen) atoms. The van der Waals surface area contributed by atoms with Crippen molar-refractivity contribution in [2.24, 2.45) is 0 Å². The van der Waals surface area contributed by atoms with Crippen LogP contribution in [-0.4, -0.2) is 10.8 Å². The Morgan fingerprint density at radius 2 is 1.86 bits per heavy atom. The highest BCUT2D eigenvalue weighted by Gasteiger charge is 2.20. The van der Waals surface area contributed by atoms with Crippen molar-refractivity contribution in [1.29, 1.82) is 0 Å². The third-order valence-electron chi connectivity index (χ3n) is 3.41. The summed E-state index contributed by atoms with van der Waals surface area (Å²) in [7, 11) is 0. The Balaban J connectivity index is 2.12. The van der Waals surface area contributed by atoms with Crippen molar-refractivity contribution in [3.8, 4) is 0 Å². The van der Waals surface area contributed by atoms with E-state index in [1.807, 2.05) is 45.0 Å². The number of hydrogen-bond acceptors (Lipinski definition) is 3. The SMILES string of the molecule is Cc1ccc(CNC(=O)n2oc(=O)c(C(C)C)c2C)cc1. The largest absolute Gasteiger partial charge is 0.361 e. The van der Waals surface area contributed by atoms with Gasteiger partial charge in [-0.3, -0.25) is 0 Å². The maximum atomic E-state index is 12.1. The molecule has 112 valence electrons. The summed E-state index contributed by atoms with van der Waals surface area (Å²) in [5.74, 6) is 0.0207. The molecular formula is C16H20N2O3. The highest BCUT2D eigenvalue weighted by molar-refractivity contribution is 5.76. The van der Waals surface area contributed by atoms with Gasteiger partial charge >= 0.3 is 11.7 Å². The number of aromatic nitrogens is 1. The summed E-state index contributed by atoms with van der Waals surface area (Å²) in [6.45, 7) is 7.90. The van der Waals surface area contributed by atoms with Gasteiger partial charge < -0.3 is 9.84 Å². The lowest BCUT2D eigenvalue weighted by Gasteiger charge is -2.07. The van der Waals surface area contributed by atoms with Crippen LogP contribution < -0.4 is 10.9 Å². The zero-order valence-electron chi connectivity index (χ0n) is 12.8. The van der Waals surface area contributed by atoms with E-state index in [0.717, 1.165) is 10.3 Å². The van der Waals surface area contributed by atoms with Crippen LogP contribution in [0.4, 0.5) is 4.79 Å². The monoisotopic (exact) mass is 288 g/mol. The predicted octanol–water partition coefficient (Wildman–Crippen LogP) is 2.94. The molecule has 1 aromatic carbocycles. The van der Waals surface area contributed by atoms with Crippen LogP contribution in [-0.2, 0) is 6.54 Å². The Morgan fingerprint density at radius 1 is 1.24 bits per heavy atom. The van der Waals surface area contributed by atoms with Gasteiger partial charge in [0.25, 0.3) is 0 Å². The summed E-state index contributed by atoms with van der Waals surface area (Å²) in [5, 5.41) is 2.75. The zero-order chi connectivity index (χ0) is 15.6. The second-order valence-corrected chi connectivity index (χ2v) is 5.47. The standard InChI is InChI=1S/C16H20N2O3/c1-10(2)14-12(4)18(21-15(14)19)16(20)17-9-13-7-5-11(3)6-8-13/h5-8,10H,9H2,1-4H3,(H,17,20). The van der Waals surface area contributed by atoms with E-state index >= 15 is 0 Å². The Labute approximate surface area is 123 Å². The molecule has 1 amide bonds. The molecule has 0 aliphatic carbocycles. The fourth-order valence-corrected chi connectivity index (χ4v) is 2.26. The van der Waals surface area contributed by atoms with E-state index in [1.165, 1.54) is 5.56 Å². The maximum Gasteiger partial charge on any atom is 0.361 e. The van der Waals surface area contributed by atoms with Crippen molar-refractivity contribution < 1.29 is 9.32 Å². The third kappa shape index (κ3) is 3.24. The number of nitrogens with zero attached hydrogens (tertiary/aromatic N) is 1. The molecule has 0 spiro atoms. The van der Waals surface area contributed by atoms with Gasteiger partial charge in [-0.15, -0.1) is 4.74 Å². The Hall–Kier alpha value is -2.30. The summed E-state index contributed by atoms with van der Waals surface area (Å²) in [6, 6.07) is 7.44. The van der Waals surface area contributed by atoms with E-state index in [9.17, 15) is 9.59 Å². The number of rotatable bonds is 3. The van der Waals surface area contributed by atoms with Gasteiger partial charge in [-0.2, -0.15) is 0 Å². The molecule has 0 bridgehead atoms. The molecule has 0 saturated heterocycles. The van der Waals surface area contributed by atoms with Crippen molar-refractivity contribution in [2.75, 3.05) is 0 Å². The average Bonchev–Trinajstić information content (AvgIpc) is 2.73. The van der Waals surface area contributed by atoms with E-state index in [1.54, 1.807) is 6.92 Å². The lowest BCUT2D eigenvalue weighted by Crippen LogP contribution is -2.28. The van der Waals surface area contributed by atoms with Crippen molar-refractivity contribution in [3.63, 3.8) is 0 Å². The molecule has 0 unspecified atom stereocenters. The van der Waals surface area contributed by atoms with Crippen LogP contribution in [0.3, 0.4) is 0 Å².